The average molecular weight is 243 g/mol. The van der Waals surface area contributed by atoms with Gasteiger partial charge >= 0.3 is 0 Å². The zero-order valence-electron chi connectivity index (χ0n) is 9.24. The lowest BCUT2D eigenvalue weighted by Crippen LogP contribution is -2.10. The number of nitrogens with zero attached hydrogens (tertiary/aromatic N) is 2. The number of allylic oxidation sites excluding steroid dienone is 2. The van der Waals surface area contributed by atoms with Crippen LogP contribution in [0.4, 0.5) is 0 Å². The first-order valence-corrected chi connectivity index (χ1v) is 5.24. The standard InChI is InChI=1S/C12H9N3O3/c13-12(16)8-3-4-10-9(6-8)7-14-15(10)11-2-1-5-17-18-11/h1-7H,(H2,13,16). The Kier molecular flexibility index (Phi) is 2.26. The van der Waals surface area contributed by atoms with Crippen molar-refractivity contribution in [1.29, 1.82) is 0 Å². The van der Waals surface area contributed by atoms with Crippen LogP contribution < -0.4 is 5.73 Å². The van der Waals surface area contributed by atoms with Gasteiger partial charge in [0.25, 0.3) is 5.88 Å². The zero-order chi connectivity index (χ0) is 12.5. The predicted molar refractivity (Wildman–Crippen MR) is 63.8 cm³/mol. The number of amides is 1. The lowest BCUT2D eigenvalue weighted by molar-refractivity contribution is -0.189. The third-order valence-corrected chi connectivity index (χ3v) is 2.57. The van der Waals surface area contributed by atoms with E-state index in [1.165, 1.54) is 6.26 Å². The first-order chi connectivity index (χ1) is 8.75. The summed E-state index contributed by atoms with van der Waals surface area (Å²) in [5.41, 5.74) is 6.46. The van der Waals surface area contributed by atoms with E-state index in [0.29, 0.717) is 11.4 Å². The Hall–Kier alpha value is -2.76. The number of benzene rings is 1. The van der Waals surface area contributed by atoms with Crippen LogP contribution in [0.15, 0.2) is 42.8 Å². The van der Waals surface area contributed by atoms with Crippen LogP contribution >= 0.6 is 0 Å². The number of hydrogen-bond donors (Lipinski definition) is 1. The van der Waals surface area contributed by atoms with Crippen LogP contribution in [0, 0.1) is 0 Å². The molecule has 18 heavy (non-hydrogen) atoms. The molecular weight excluding hydrogens is 234 g/mol. The summed E-state index contributed by atoms with van der Waals surface area (Å²) >= 11 is 0. The Balaban J connectivity index is 2.12. The molecule has 90 valence electrons. The van der Waals surface area contributed by atoms with Gasteiger partial charge in [-0.15, -0.1) is 0 Å². The Labute approximate surface area is 102 Å². The Morgan fingerprint density at radius 2 is 2.28 bits per heavy atom. The Morgan fingerprint density at radius 3 is 3.00 bits per heavy atom. The molecule has 0 radical (unpaired) electrons. The predicted octanol–water partition coefficient (Wildman–Crippen LogP) is 1.41. The average Bonchev–Trinajstić information content (AvgIpc) is 2.82. The minimum absolute atomic E-state index is 0.441. The van der Waals surface area contributed by atoms with E-state index < -0.39 is 5.91 Å². The SMILES string of the molecule is NC(=O)c1ccc2c(cnn2C2=CC=COO2)c1. The second-order valence-corrected chi connectivity index (χ2v) is 3.71. The van der Waals surface area contributed by atoms with Crippen molar-refractivity contribution in [1.82, 2.24) is 9.78 Å². The maximum Gasteiger partial charge on any atom is 0.271 e. The highest BCUT2D eigenvalue weighted by Crippen LogP contribution is 2.21. The largest absolute Gasteiger partial charge is 0.366 e. The third kappa shape index (κ3) is 1.60. The molecule has 0 unspecified atom stereocenters. The van der Waals surface area contributed by atoms with Crippen molar-refractivity contribution >= 4 is 22.7 Å². The van der Waals surface area contributed by atoms with Crippen LogP contribution in [0.2, 0.25) is 0 Å². The summed E-state index contributed by atoms with van der Waals surface area (Å²) in [7, 11) is 0. The van der Waals surface area contributed by atoms with E-state index in [2.05, 4.69) is 5.10 Å². The van der Waals surface area contributed by atoms with Gasteiger partial charge in [0.15, 0.2) is 0 Å². The number of aromatic nitrogens is 2. The molecule has 1 aromatic carbocycles. The quantitative estimate of drug-likeness (QED) is 0.809. The van der Waals surface area contributed by atoms with Crippen LogP contribution in [0.5, 0.6) is 0 Å². The molecule has 2 heterocycles. The first-order valence-electron chi connectivity index (χ1n) is 5.24. The summed E-state index contributed by atoms with van der Waals surface area (Å²) in [5.74, 6) is -0.0247. The fourth-order valence-electron chi connectivity index (χ4n) is 1.73. The van der Waals surface area contributed by atoms with Crippen molar-refractivity contribution in [2.45, 2.75) is 0 Å². The molecular formula is C12H9N3O3. The fraction of sp³-hybridized carbons (Fsp3) is 0. The maximum atomic E-state index is 11.1. The number of nitrogens with two attached hydrogens (primary N) is 1. The van der Waals surface area contributed by atoms with Gasteiger partial charge in [0, 0.05) is 17.0 Å². The summed E-state index contributed by atoms with van der Waals surface area (Å²) in [6, 6.07) is 5.08. The number of fused-ring (bicyclic) bond motifs is 1. The van der Waals surface area contributed by atoms with Crippen LogP contribution in [0.3, 0.4) is 0 Å². The van der Waals surface area contributed by atoms with Crippen LogP contribution in [0.25, 0.3) is 16.8 Å². The zero-order valence-corrected chi connectivity index (χ0v) is 9.24. The summed E-state index contributed by atoms with van der Waals surface area (Å²) in [6.45, 7) is 0. The van der Waals surface area contributed by atoms with Crippen LogP contribution in [-0.2, 0) is 9.78 Å². The van der Waals surface area contributed by atoms with Crippen molar-refractivity contribution in [3.05, 3.63) is 48.4 Å². The van der Waals surface area contributed by atoms with E-state index >= 15 is 0 Å². The van der Waals surface area contributed by atoms with Crippen LogP contribution in [0.1, 0.15) is 10.4 Å². The highest BCUT2D eigenvalue weighted by atomic mass is 17.2. The van der Waals surface area contributed by atoms with E-state index in [4.69, 9.17) is 15.5 Å². The summed E-state index contributed by atoms with van der Waals surface area (Å²) in [6.07, 6.45) is 6.47. The summed E-state index contributed by atoms with van der Waals surface area (Å²) < 4.78 is 1.57. The third-order valence-electron chi connectivity index (χ3n) is 2.57. The second-order valence-electron chi connectivity index (χ2n) is 3.71. The lowest BCUT2D eigenvalue weighted by Gasteiger charge is -2.09. The van der Waals surface area contributed by atoms with E-state index in [-0.39, 0.29) is 0 Å². The molecule has 0 saturated carbocycles. The van der Waals surface area contributed by atoms with Gasteiger partial charge in [-0.25, -0.2) is 0 Å². The lowest BCUT2D eigenvalue weighted by atomic mass is 10.1. The van der Waals surface area contributed by atoms with E-state index in [9.17, 15) is 4.79 Å². The van der Waals surface area contributed by atoms with Crippen molar-refractivity contribution in [2.75, 3.05) is 0 Å². The highest BCUT2D eigenvalue weighted by molar-refractivity contribution is 5.97. The van der Waals surface area contributed by atoms with Gasteiger partial charge in [0.2, 0.25) is 5.91 Å². The van der Waals surface area contributed by atoms with Crippen molar-refractivity contribution in [2.24, 2.45) is 5.73 Å². The fourth-order valence-corrected chi connectivity index (χ4v) is 1.73. The number of carbonyl (C=O) groups is 1. The van der Waals surface area contributed by atoms with E-state index in [1.807, 2.05) is 0 Å². The molecule has 1 amide bonds. The molecule has 2 N–H and O–H groups in total. The van der Waals surface area contributed by atoms with Crippen molar-refractivity contribution < 1.29 is 14.6 Å². The van der Waals surface area contributed by atoms with Crippen molar-refractivity contribution in [3.63, 3.8) is 0 Å². The maximum absolute atomic E-state index is 11.1. The van der Waals surface area contributed by atoms with E-state index in [1.54, 1.807) is 41.2 Å². The minimum Gasteiger partial charge on any atom is -0.366 e. The van der Waals surface area contributed by atoms with Gasteiger partial charge in [-0.2, -0.15) is 9.78 Å². The molecule has 2 aromatic rings. The monoisotopic (exact) mass is 243 g/mol. The molecule has 6 heteroatoms. The molecule has 1 aromatic heterocycles. The Morgan fingerprint density at radius 1 is 1.39 bits per heavy atom. The molecule has 0 spiro atoms. The first kappa shape index (κ1) is 10.4. The molecule has 0 saturated heterocycles. The molecule has 0 fully saturated rings. The molecule has 0 bridgehead atoms. The van der Waals surface area contributed by atoms with Gasteiger partial charge in [0.05, 0.1) is 11.7 Å². The molecule has 3 rings (SSSR count). The van der Waals surface area contributed by atoms with Gasteiger partial charge in [-0.3, -0.25) is 14.6 Å². The van der Waals surface area contributed by atoms with Crippen LogP contribution in [-0.4, -0.2) is 15.7 Å². The molecule has 6 nitrogen and oxygen atoms in total. The number of hydrogen-bond acceptors (Lipinski definition) is 4. The number of carbonyl (C=O) groups excluding carboxylic acids is 1. The molecule has 0 aliphatic carbocycles. The van der Waals surface area contributed by atoms with E-state index in [0.717, 1.165) is 10.9 Å². The van der Waals surface area contributed by atoms with Gasteiger partial charge < -0.3 is 5.73 Å². The topological polar surface area (TPSA) is 79.4 Å². The van der Waals surface area contributed by atoms with Gasteiger partial charge in [-0.05, 0) is 24.3 Å². The van der Waals surface area contributed by atoms with Crippen molar-refractivity contribution in [3.8, 4) is 0 Å². The smallest absolute Gasteiger partial charge is 0.271 e. The number of rotatable bonds is 2. The second kappa shape index (κ2) is 3.92. The van der Waals surface area contributed by atoms with Gasteiger partial charge in [-0.1, -0.05) is 0 Å². The molecule has 0 atom stereocenters. The highest BCUT2D eigenvalue weighted by Gasteiger charge is 2.12. The Bertz CT molecular complexity index is 685. The molecule has 1 aliphatic rings. The summed E-state index contributed by atoms with van der Waals surface area (Å²) in [4.78, 5) is 20.8. The normalized spacial score (nSPS) is 13.9. The minimum atomic E-state index is -0.468. The molecule has 1 aliphatic heterocycles. The summed E-state index contributed by atoms with van der Waals surface area (Å²) in [5, 5.41) is 4.97. The van der Waals surface area contributed by atoms with Gasteiger partial charge in [0.1, 0.15) is 6.26 Å². The number of primary amides is 1.